The second-order valence-corrected chi connectivity index (χ2v) is 7.74. The molecule has 0 spiro atoms. The van der Waals surface area contributed by atoms with E-state index in [4.69, 9.17) is 9.47 Å². The second kappa shape index (κ2) is 11.4. The summed E-state index contributed by atoms with van der Waals surface area (Å²) in [5.41, 5.74) is 3.14. The first-order valence-electron chi connectivity index (χ1n) is 10.1. The van der Waals surface area contributed by atoms with Gasteiger partial charge in [-0.05, 0) is 70.6 Å². The molecular weight excluding hydrogens is 442 g/mol. The highest BCUT2D eigenvalue weighted by atomic mass is 79.9. The normalized spacial score (nSPS) is 10.5. The summed E-state index contributed by atoms with van der Waals surface area (Å²) in [7, 11) is 0. The van der Waals surface area contributed by atoms with E-state index >= 15 is 0 Å². The summed E-state index contributed by atoms with van der Waals surface area (Å²) in [6.07, 6.45) is 2.80. The van der Waals surface area contributed by atoms with Gasteiger partial charge in [-0.15, -0.1) is 0 Å². The first-order chi connectivity index (χ1) is 14.7. The molecule has 0 bridgehead atoms. The molecule has 3 rings (SSSR count). The summed E-state index contributed by atoms with van der Waals surface area (Å²) in [6.45, 7) is 2.60. The summed E-state index contributed by atoms with van der Waals surface area (Å²) in [4.78, 5) is 12.4. The van der Waals surface area contributed by atoms with Crippen molar-refractivity contribution in [1.82, 2.24) is 0 Å². The third-order valence-electron chi connectivity index (χ3n) is 4.63. The molecule has 0 aliphatic heterocycles. The Morgan fingerprint density at radius 1 is 0.900 bits per heavy atom. The van der Waals surface area contributed by atoms with E-state index < -0.39 is 0 Å². The topological polar surface area (TPSA) is 47.6 Å². The lowest BCUT2D eigenvalue weighted by Crippen LogP contribution is -2.20. The van der Waals surface area contributed by atoms with Crippen LogP contribution in [0.25, 0.3) is 0 Å². The molecule has 0 radical (unpaired) electrons. The Morgan fingerprint density at radius 3 is 2.43 bits per heavy atom. The van der Waals surface area contributed by atoms with Crippen LogP contribution in [0.3, 0.4) is 0 Å². The van der Waals surface area contributed by atoms with Crippen molar-refractivity contribution in [2.45, 2.75) is 26.2 Å². The van der Waals surface area contributed by atoms with E-state index in [1.54, 1.807) is 0 Å². The third kappa shape index (κ3) is 6.63. The van der Waals surface area contributed by atoms with Crippen LogP contribution < -0.4 is 14.8 Å². The number of amides is 1. The number of anilines is 1. The molecule has 0 aliphatic carbocycles. The van der Waals surface area contributed by atoms with Crippen LogP contribution in [-0.2, 0) is 17.6 Å². The van der Waals surface area contributed by atoms with E-state index in [0.29, 0.717) is 23.8 Å². The predicted octanol–water partition coefficient (Wildman–Crippen LogP) is 6.04. The molecular formula is C25H26BrNO3. The van der Waals surface area contributed by atoms with Crippen LogP contribution in [0.1, 0.15) is 24.5 Å². The standard InChI is InChI=1S/C25H26BrNO3/c1-2-19-14-15-23(21(26)17-19)30-18-25(28)27-22-12-6-7-13-24(22)29-16-8-11-20-9-4-3-5-10-20/h3-7,9-10,12-15,17H,2,8,11,16,18H2,1H3,(H,27,28). The van der Waals surface area contributed by atoms with Gasteiger partial charge < -0.3 is 14.8 Å². The van der Waals surface area contributed by atoms with Gasteiger partial charge in [0.25, 0.3) is 5.91 Å². The molecule has 0 saturated carbocycles. The number of carbonyl (C=O) groups is 1. The number of hydrogen-bond donors (Lipinski definition) is 1. The number of para-hydroxylation sites is 2. The van der Waals surface area contributed by atoms with Crippen LogP contribution in [0.15, 0.2) is 77.3 Å². The van der Waals surface area contributed by atoms with E-state index in [9.17, 15) is 4.79 Å². The quantitative estimate of drug-likeness (QED) is 0.369. The highest BCUT2D eigenvalue weighted by molar-refractivity contribution is 9.10. The molecule has 156 valence electrons. The van der Waals surface area contributed by atoms with Crippen LogP contribution >= 0.6 is 15.9 Å². The molecule has 1 amide bonds. The van der Waals surface area contributed by atoms with Gasteiger partial charge in [0.2, 0.25) is 0 Å². The molecule has 3 aromatic rings. The molecule has 0 fully saturated rings. The van der Waals surface area contributed by atoms with Gasteiger partial charge in [-0.3, -0.25) is 4.79 Å². The van der Waals surface area contributed by atoms with Crippen LogP contribution in [-0.4, -0.2) is 19.1 Å². The van der Waals surface area contributed by atoms with Gasteiger partial charge in [0.15, 0.2) is 6.61 Å². The Labute approximate surface area is 186 Å². The van der Waals surface area contributed by atoms with Crippen LogP contribution in [0.2, 0.25) is 0 Å². The Hall–Kier alpha value is -2.79. The monoisotopic (exact) mass is 467 g/mol. The highest BCUT2D eigenvalue weighted by Gasteiger charge is 2.10. The van der Waals surface area contributed by atoms with Gasteiger partial charge in [0, 0.05) is 0 Å². The zero-order chi connectivity index (χ0) is 21.2. The van der Waals surface area contributed by atoms with Gasteiger partial charge in [-0.25, -0.2) is 0 Å². The summed E-state index contributed by atoms with van der Waals surface area (Å²) in [6, 6.07) is 23.7. The Balaban J connectivity index is 1.49. The van der Waals surface area contributed by atoms with Gasteiger partial charge >= 0.3 is 0 Å². The van der Waals surface area contributed by atoms with Crippen LogP contribution in [0, 0.1) is 0 Å². The largest absolute Gasteiger partial charge is 0.491 e. The van der Waals surface area contributed by atoms with Crippen molar-refractivity contribution < 1.29 is 14.3 Å². The highest BCUT2D eigenvalue weighted by Crippen LogP contribution is 2.27. The third-order valence-corrected chi connectivity index (χ3v) is 5.25. The molecule has 0 heterocycles. The van der Waals surface area contributed by atoms with Crippen LogP contribution in [0.4, 0.5) is 5.69 Å². The molecule has 0 aliphatic rings. The fourth-order valence-corrected chi connectivity index (χ4v) is 3.55. The average molecular weight is 468 g/mol. The Bertz CT molecular complexity index is 960. The molecule has 30 heavy (non-hydrogen) atoms. The van der Waals surface area contributed by atoms with Gasteiger partial charge in [-0.2, -0.15) is 0 Å². The van der Waals surface area contributed by atoms with Crippen molar-refractivity contribution >= 4 is 27.5 Å². The molecule has 3 aromatic carbocycles. The van der Waals surface area contributed by atoms with Gasteiger partial charge in [0.05, 0.1) is 16.8 Å². The molecule has 0 aromatic heterocycles. The fourth-order valence-electron chi connectivity index (χ4n) is 3.01. The lowest BCUT2D eigenvalue weighted by atomic mass is 10.1. The van der Waals surface area contributed by atoms with E-state index in [1.165, 1.54) is 11.1 Å². The van der Waals surface area contributed by atoms with Gasteiger partial charge in [-0.1, -0.05) is 55.5 Å². The first-order valence-corrected chi connectivity index (χ1v) is 10.9. The van der Waals surface area contributed by atoms with Crippen molar-refractivity contribution in [1.29, 1.82) is 0 Å². The zero-order valence-corrected chi connectivity index (χ0v) is 18.7. The lowest BCUT2D eigenvalue weighted by Gasteiger charge is -2.13. The lowest BCUT2D eigenvalue weighted by molar-refractivity contribution is -0.118. The van der Waals surface area contributed by atoms with Crippen molar-refractivity contribution in [3.05, 3.63) is 88.4 Å². The predicted molar refractivity (Wildman–Crippen MR) is 124 cm³/mol. The Morgan fingerprint density at radius 2 is 1.67 bits per heavy atom. The average Bonchev–Trinajstić information content (AvgIpc) is 2.77. The van der Waals surface area contributed by atoms with Crippen molar-refractivity contribution in [2.75, 3.05) is 18.5 Å². The van der Waals surface area contributed by atoms with E-state index in [2.05, 4.69) is 40.3 Å². The van der Waals surface area contributed by atoms with Crippen molar-refractivity contribution in [2.24, 2.45) is 0 Å². The molecule has 0 saturated heterocycles. The summed E-state index contributed by atoms with van der Waals surface area (Å²) < 4.78 is 12.4. The number of halogens is 1. The fraction of sp³-hybridized carbons (Fsp3) is 0.240. The minimum atomic E-state index is -0.234. The maximum atomic E-state index is 12.4. The zero-order valence-electron chi connectivity index (χ0n) is 17.1. The second-order valence-electron chi connectivity index (χ2n) is 6.89. The van der Waals surface area contributed by atoms with E-state index in [-0.39, 0.29) is 12.5 Å². The molecule has 0 unspecified atom stereocenters. The maximum Gasteiger partial charge on any atom is 0.262 e. The number of nitrogens with one attached hydrogen (secondary N) is 1. The number of benzene rings is 3. The molecule has 4 nitrogen and oxygen atoms in total. The smallest absolute Gasteiger partial charge is 0.262 e. The SMILES string of the molecule is CCc1ccc(OCC(=O)Nc2ccccc2OCCCc2ccccc2)c(Br)c1. The van der Waals surface area contributed by atoms with Crippen LogP contribution in [0.5, 0.6) is 11.5 Å². The number of aryl methyl sites for hydroxylation is 2. The summed E-state index contributed by atoms with van der Waals surface area (Å²) >= 11 is 3.49. The first kappa shape index (κ1) is 21.9. The maximum absolute atomic E-state index is 12.4. The minimum absolute atomic E-state index is 0.0770. The van der Waals surface area contributed by atoms with E-state index in [1.807, 2.05) is 60.7 Å². The van der Waals surface area contributed by atoms with Gasteiger partial charge in [0.1, 0.15) is 11.5 Å². The number of ether oxygens (including phenoxy) is 2. The summed E-state index contributed by atoms with van der Waals surface area (Å²) in [5.74, 6) is 1.07. The van der Waals surface area contributed by atoms with E-state index in [0.717, 1.165) is 23.7 Å². The Kier molecular flexibility index (Phi) is 8.33. The number of carbonyl (C=O) groups excluding carboxylic acids is 1. The van der Waals surface area contributed by atoms with Crippen molar-refractivity contribution in [3.8, 4) is 11.5 Å². The molecule has 0 atom stereocenters. The number of hydrogen-bond acceptors (Lipinski definition) is 3. The molecule has 5 heteroatoms. The molecule has 1 N–H and O–H groups in total. The summed E-state index contributed by atoms with van der Waals surface area (Å²) in [5, 5.41) is 2.88. The number of rotatable bonds is 10. The minimum Gasteiger partial charge on any atom is -0.491 e. The van der Waals surface area contributed by atoms with Crippen molar-refractivity contribution in [3.63, 3.8) is 0 Å².